The van der Waals surface area contributed by atoms with Crippen LogP contribution >= 0.6 is 0 Å². The van der Waals surface area contributed by atoms with Gasteiger partial charge in [-0.3, -0.25) is 4.79 Å². The molecular weight excluding hydrogens is 300 g/mol. The number of aliphatic hydroxyl groups is 1. The lowest BCUT2D eigenvalue weighted by Gasteiger charge is -2.01. The largest absolute Gasteiger partial charge is 0.469 e. The Morgan fingerprint density at radius 3 is 1.58 bits per heavy atom. The lowest BCUT2D eigenvalue weighted by atomic mass is 10.1. The van der Waals surface area contributed by atoms with Gasteiger partial charge in [-0.15, -0.1) is 0 Å². The molecule has 142 valence electrons. The predicted molar refractivity (Wildman–Crippen MR) is 102 cm³/mol. The Balaban J connectivity index is 3.10. The van der Waals surface area contributed by atoms with Crippen LogP contribution in [-0.4, -0.2) is 24.8 Å². The van der Waals surface area contributed by atoms with E-state index < -0.39 is 0 Å². The number of carbonyl (C=O) groups excluding carboxylic acids is 1. The van der Waals surface area contributed by atoms with E-state index in [9.17, 15) is 4.79 Å². The molecule has 1 N–H and O–H groups in total. The number of aliphatic hydroxyl groups excluding tert-OH is 1. The number of ether oxygens (including phenoxy) is 1. The molecule has 3 nitrogen and oxygen atoms in total. The Morgan fingerprint density at radius 1 is 0.708 bits per heavy atom. The van der Waals surface area contributed by atoms with Crippen molar-refractivity contribution in [1.82, 2.24) is 0 Å². The maximum Gasteiger partial charge on any atom is 0.305 e. The van der Waals surface area contributed by atoms with Crippen LogP contribution in [0.1, 0.15) is 103 Å². The third kappa shape index (κ3) is 19.2. The van der Waals surface area contributed by atoms with Crippen molar-refractivity contribution in [2.75, 3.05) is 13.7 Å². The quantitative estimate of drug-likeness (QED) is 0.190. The molecule has 0 aromatic rings. The van der Waals surface area contributed by atoms with Crippen LogP contribution in [0.5, 0.6) is 0 Å². The monoisotopic (exact) mass is 340 g/mol. The molecule has 0 aromatic heterocycles. The standard InChI is InChI=1S/C21H40O3/c1-24-21(23)19-17-15-13-11-9-7-5-3-2-4-6-8-10-12-14-16-18-20-22/h2-3,22H,4-20H2,1H3/b3-2+. The molecule has 0 aliphatic heterocycles. The zero-order valence-corrected chi connectivity index (χ0v) is 15.9. The zero-order chi connectivity index (χ0) is 17.7. The molecule has 0 aliphatic carbocycles. The Kier molecular flexibility index (Phi) is 19.5. The van der Waals surface area contributed by atoms with Crippen LogP contribution in [0.4, 0.5) is 0 Å². The minimum absolute atomic E-state index is 0.0816. The summed E-state index contributed by atoms with van der Waals surface area (Å²) in [6.45, 7) is 0.347. The summed E-state index contributed by atoms with van der Waals surface area (Å²) in [5, 5.41) is 8.70. The van der Waals surface area contributed by atoms with Gasteiger partial charge in [-0.25, -0.2) is 0 Å². The number of hydrogen-bond acceptors (Lipinski definition) is 3. The van der Waals surface area contributed by atoms with Gasteiger partial charge in [-0.2, -0.15) is 0 Å². The predicted octanol–water partition coefficient (Wildman–Crippen LogP) is 5.95. The highest BCUT2D eigenvalue weighted by atomic mass is 16.5. The highest BCUT2D eigenvalue weighted by Gasteiger charge is 1.98. The minimum atomic E-state index is -0.0816. The molecule has 0 aliphatic rings. The molecule has 0 bridgehead atoms. The molecule has 24 heavy (non-hydrogen) atoms. The molecule has 0 saturated carbocycles. The van der Waals surface area contributed by atoms with Crippen molar-refractivity contribution in [3.63, 3.8) is 0 Å². The van der Waals surface area contributed by atoms with Crippen LogP contribution in [0.3, 0.4) is 0 Å². The lowest BCUT2D eigenvalue weighted by molar-refractivity contribution is -0.140. The van der Waals surface area contributed by atoms with Crippen molar-refractivity contribution in [2.45, 2.75) is 103 Å². The van der Waals surface area contributed by atoms with Gasteiger partial charge in [0.05, 0.1) is 7.11 Å². The maximum atomic E-state index is 10.9. The van der Waals surface area contributed by atoms with Gasteiger partial charge in [0.2, 0.25) is 0 Å². The molecule has 0 rings (SSSR count). The Hall–Kier alpha value is -0.830. The van der Waals surface area contributed by atoms with Crippen molar-refractivity contribution in [2.24, 2.45) is 0 Å². The van der Waals surface area contributed by atoms with Crippen molar-refractivity contribution >= 4 is 5.97 Å². The summed E-state index contributed by atoms with van der Waals surface area (Å²) in [6, 6.07) is 0. The van der Waals surface area contributed by atoms with Gasteiger partial charge in [-0.1, -0.05) is 69.9 Å². The molecule has 0 amide bonds. The van der Waals surface area contributed by atoms with Gasteiger partial charge in [-0.05, 0) is 38.5 Å². The number of rotatable bonds is 18. The number of hydrogen-bond donors (Lipinski definition) is 1. The van der Waals surface area contributed by atoms with Gasteiger partial charge in [0.1, 0.15) is 0 Å². The zero-order valence-electron chi connectivity index (χ0n) is 15.9. The summed E-state index contributed by atoms with van der Waals surface area (Å²) >= 11 is 0. The summed E-state index contributed by atoms with van der Waals surface area (Å²) in [5.74, 6) is -0.0816. The maximum absolute atomic E-state index is 10.9. The molecule has 0 fully saturated rings. The van der Waals surface area contributed by atoms with Crippen LogP contribution in [-0.2, 0) is 9.53 Å². The first kappa shape index (κ1) is 23.2. The van der Waals surface area contributed by atoms with E-state index >= 15 is 0 Å². The third-order valence-corrected chi connectivity index (χ3v) is 4.42. The third-order valence-electron chi connectivity index (χ3n) is 4.42. The van der Waals surface area contributed by atoms with E-state index in [1.165, 1.54) is 84.2 Å². The van der Waals surface area contributed by atoms with E-state index in [-0.39, 0.29) is 5.97 Å². The van der Waals surface area contributed by atoms with E-state index in [1.807, 2.05) is 0 Å². The smallest absolute Gasteiger partial charge is 0.305 e. The Labute approximate surface area is 149 Å². The summed E-state index contributed by atoms with van der Waals surface area (Å²) in [7, 11) is 1.46. The van der Waals surface area contributed by atoms with Crippen molar-refractivity contribution < 1.29 is 14.6 Å². The van der Waals surface area contributed by atoms with Gasteiger partial charge < -0.3 is 9.84 Å². The number of allylic oxidation sites excluding steroid dienone is 2. The van der Waals surface area contributed by atoms with Gasteiger partial charge in [0, 0.05) is 13.0 Å². The molecule has 0 saturated heterocycles. The van der Waals surface area contributed by atoms with E-state index in [1.54, 1.807) is 0 Å². The van der Waals surface area contributed by atoms with Crippen LogP contribution in [0.15, 0.2) is 12.2 Å². The number of unbranched alkanes of at least 4 members (excludes halogenated alkanes) is 13. The summed E-state index contributed by atoms with van der Waals surface area (Å²) in [6.07, 6.45) is 23.7. The van der Waals surface area contributed by atoms with E-state index in [0.717, 1.165) is 19.3 Å². The molecule has 0 atom stereocenters. The summed E-state index contributed by atoms with van der Waals surface area (Å²) in [4.78, 5) is 10.9. The van der Waals surface area contributed by atoms with Crippen molar-refractivity contribution in [3.05, 3.63) is 12.2 Å². The molecule has 3 heteroatoms. The molecule has 0 unspecified atom stereocenters. The molecule has 0 spiro atoms. The first-order chi connectivity index (χ1) is 11.8. The van der Waals surface area contributed by atoms with Crippen molar-refractivity contribution in [1.29, 1.82) is 0 Å². The van der Waals surface area contributed by atoms with Crippen LogP contribution in [0.25, 0.3) is 0 Å². The fourth-order valence-electron chi connectivity index (χ4n) is 2.83. The highest BCUT2D eigenvalue weighted by molar-refractivity contribution is 5.68. The highest BCUT2D eigenvalue weighted by Crippen LogP contribution is 2.11. The molecule has 0 heterocycles. The second-order valence-electron chi connectivity index (χ2n) is 6.69. The second-order valence-corrected chi connectivity index (χ2v) is 6.69. The normalized spacial score (nSPS) is 11.2. The summed E-state index contributed by atoms with van der Waals surface area (Å²) in [5.41, 5.74) is 0. The van der Waals surface area contributed by atoms with Gasteiger partial charge >= 0.3 is 5.97 Å². The molecular formula is C21H40O3. The van der Waals surface area contributed by atoms with E-state index in [2.05, 4.69) is 16.9 Å². The number of methoxy groups -OCH3 is 1. The first-order valence-electron chi connectivity index (χ1n) is 10.1. The topological polar surface area (TPSA) is 46.5 Å². The van der Waals surface area contributed by atoms with Crippen LogP contribution in [0, 0.1) is 0 Å². The first-order valence-corrected chi connectivity index (χ1v) is 10.1. The second kappa shape index (κ2) is 20.2. The Morgan fingerprint density at radius 2 is 1.12 bits per heavy atom. The van der Waals surface area contributed by atoms with E-state index in [0.29, 0.717) is 13.0 Å². The van der Waals surface area contributed by atoms with Crippen molar-refractivity contribution in [3.8, 4) is 0 Å². The number of carbonyl (C=O) groups is 1. The average molecular weight is 341 g/mol. The minimum Gasteiger partial charge on any atom is -0.469 e. The fraction of sp³-hybridized carbons (Fsp3) is 0.857. The van der Waals surface area contributed by atoms with Crippen LogP contribution < -0.4 is 0 Å². The van der Waals surface area contributed by atoms with Gasteiger partial charge in [0.15, 0.2) is 0 Å². The molecule has 0 aromatic carbocycles. The number of esters is 1. The lowest BCUT2D eigenvalue weighted by Crippen LogP contribution is -1.99. The Bertz CT molecular complexity index is 287. The van der Waals surface area contributed by atoms with E-state index in [4.69, 9.17) is 5.11 Å². The average Bonchev–Trinajstić information content (AvgIpc) is 2.60. The van der Waals surface area contributed by atoms with Gasteiger partial charge in [0.25, 0.3) is 0 Å². The van der Waals surface area contributed by atoms with Crippen LogP contribution in [0.2, 0.25) is 0 Å². The SMILES string of the molecule is COC(=O)CCCCCCCC/C=C/CCCCCCCCCO. The molecule has 0 radical (unpaired) electrons. The summed E-state index contributed by atoms with van der Waals surface area (Å²) < 4.78 is 4.63. The fourth-order valence-corrected chi connectivity index (χ4v) is 2.83.